The maximum Gasteiger partial charge on any atom is 0.266 e. The van der Waals surface area contributed by atoms with Crippen LogP contribution in [0.15, 0.2) is 101 Å². The Morgan fingerprint density at radius 3 is 2.34 bits per heavy atom. The Morgan fingerprint density at radius 1 is 0.911 bits per heavy atom. The Labute approximate surface area is 320 Å². The molecule has 6 aromatic rings. The lowest BCUT2D eigenvalue weighted by atomic mass is 9.99. The Balaban J connectivity index is 1.26. The van der Waals surface area contributed by atoms with E-state index in [0.717, 1.165) is 36.7 Å². The van der Waals surface area contributed by atoms with Crippen molar-refractivity contribution in [1.29, 1.82) is 0 Å². The van der Waals surface area contributed by atoms with Gasteiger partial charge < -0.3 is 10.1 Å². The molecule has 4 aromatic carbocycles. The lowest BCUT2D eigenvalue weighted by Crippen LogP contribution is -2.40. The second-order valence-electron chi connectivity index (χ2n) is 14.1. The maximum atomic E-state index is 14.6. The first-order valence-electron chi connectivity index (χ1n) is 18.2. The highest BCUT2D eigenvalue weighted by molar-refractivity contribution is 7.89. The molecule has 56 heavy (non-hydrogen) atoms. The van der Waals surface area contributed by atoms with Gasteiger partial charge in [-0.25, -0.2) is 26.6 Å². The van der Waals surface area contributed by atoms with E-state index in [1.54, 1.807) is 37.4 Å². The Bertz CT molecular complexity index is 2620. The number of nitrogens with zero attached hydrogens (tertiary/aromatic N) is 5. The second kappa shape index (κ2) is 15.1. The standard InChI is InChI=1S/C41H37F3N6O5S/c1-25-18-29(42)5-11-34(25)28-4-10-35-37(22-28)46-40(50(41(35)52)32-6-8-33(9-7-32)56(53,54)49-14-16-55-17-15-49)38(21-26-19-30(43)23-31(44)20-26)45-39(51)24-48-13-12-36(47-48)27-2-3-27/h4-13,18-20,22-23,27,38H,2-3,14-17,21,24H2,1H3,(H,45,51). The first-order valence-corrected chi connectivity index (χ1v) is 19.7. The van der Waals surface area contributed by atoms with Crippen LogP contribution in [0.2, 0.25) is 0 Å². The number of halogens is 3. The molecule has 1 saturated heterocycles. The summed E-state index contributed by atoms with van der Waals surface area (Å²) in [5, 5.41) is 7.68. The van der Waals surface area contributed by atoms with Gasteiger partial charge in [0, 0.05) is 37.7 Å². The number of nitrogens with one attached hydrogen (secondary N) is 1. The van der Waals surface area contributed by atoms with Gasteiger partial charge >= 0.3 is 0 Å². The zero-order valence-corrected chi connectivity index (χ0v) is 31.1. The highest BCUT2D eigenvalue weighted by atomic mass is 32.2. The molecule has 0 spiro atoms. The van der Waals surface area contributed by atoms with Crippen molar-refractivity contribution < 1.29 is 31.1 Å². The molecular weight excluding hydrogens is 746 g/mol. The topological polar surface area (TPSA) is 128 Å². The summed E-state index contributed by atoms with van der Waals surface area (Å²) in [6, 6.07) is 18.9. The van der Waals surface area contributed by atoms with E-state index in [1.165, 1.54) is 50.0 Å². The molecule has 2 aliphatic rings. The number of aryl methyl sites for hydroxylation is 1. The molecule has 0 radical (unpaired) electrons. The van der Waals surface area contributed by atoms with Crippen molar-refractivity contribution in [3.05, 3.63) is 142 Å². The van der Waals surface area contributed by atoms with Crippen molar-refractivity contribution in [1.82, 2.24) is 29.0 Å². The van der Waals surface area contributed by atoms with Crippen molar-refractivity contribution in [2.24, 2.45) is 0 Å². The van der Waals surface area contributed by atoms with Crippen molar-refractivity contribution in [3.63, 3.8) is 0 Å². The number of rotatable bonds is 11. The van der Waals surface area contributed by atoms with E-state index in [0.29, 0.717) is 22.6 Å². The predicted octanol–water partition coefficient (Wildman–Crippen LogP) is 5.97. The third-order valence-corrected chi connectivity index (χ3v) is 12.0. The largest absolute Gasteiger partial charge is 0.379 e. The van der Waals surface area contributed by atoms with Crippen LogP contribution in [0.3, 0.4) is 0 Å². The number of fused-ring (bicyclic) bond motifs is 1. The number of hydrogen-bond donors (Lipinski definition) is 1. The van der Waals surface area contributed by atoms with E-state index >= 15 is 0 Å². The molecule has 1 saturated carbocycles. The van der Waals surface area contributed by atoms with Crippen molar-refractivity contribution in [2.45, 2.75) is 49.6 Å². The molecule has 1 aliphatic heterocycles. The van der Waals surface area contributed by atoms with Crippen molar-refractivity contribution in [2.75, 3.05) is 26.3 Å². The summed E-state index contributed by atoms with van der Waals surface area (Å²) in [5.41, 5.74) is 3.05. The van der Waals surface area contributed by atoms with Gasteiger partial charge in [-0.05, 0) is 109 Å². The number of morpholine rings is 1. The summed E-state index contributed by atoms with van der Waals surface area (Å²) in [6.45, 7) is 2.52. The molecule has 288 valence electrons. The van der Waals surface area contributed by atoms with Crippen LogP contribution in [0.1, 0.15) is 47.4 Å². The monoisotopic (exact) mass is 782 g/mol. The van der Waals surface area contributed by atoms with Crippen molar-refractivity contribution >= 4 is 26.8 Å². The normalized spacial score (nSPS) is 15.6. The van der Waals surface area contributed by atoms with Crippen LogP contribution in [0, 0.1) is 24.4 Å². The van der Waals surface area contributed by atoms with Gasteiger partial charge in [-0.1, -0.05) is 12.1 Å². The molecule has 8 rings (SSSR count). The molecular formula is C41H37F3N6O5S. The maximum absolute atomic E-state index is 14.6. The van der Waals surface area contributed by atoms with E-state index < -0.39 is 45.0 Å². The third-order valence-electron chi connectivity index (χ3n) is 10.1. The van der Waals surface area contributed by atoms with Gasteiger partial charge in [-0.3, -0.25) is 18.8 Å². The van der Waals surface area contributed by atoms with Gasteiger partial charge in [0.25, 0.3) is 5.56 Å². The van der Waals surface area contributed by atoms with E-state index in [-0.39, 0.29) is 72.1 Å². The fourth-order valence-electron chi connectivity index (χ4n) is 7.13. The zero-order valence-electron chi connectivity index (χ0n) is 30.3. The van der Waals surface area contributed by atoms with E-state index in [2.05, 4.69) is 10.4 Å². The number of hydrogen-bond acceptors (Lipinski definition) is 7. The Morgan fingerprint density at radius 2 is 1.64 bits per heavy atom. The molecule has 2 aromatic heterocycles. The van der Waals surface area contributed by atoms with Crippen LogP contribution in [0.25, 0.3) is 27.7 Å². The minimum Gasteiger partial charge on any atom is -0.379 e. The average molecular weight is 783 g/mol. The summed E-state index contributed by atoms with van der Waals surface area (Å²) in [6.07, 6.45) is 3.59. The first-order chi connectivity index (χ1) is 26.9. The molecule has 1 amide bonds. The molecule has 15 heteroatoms. The molecule has 2 fully saturated rings. The Kier molecular flexibility index (Phi) is 10.1. The molecule has 3 heterocycles. The van der Waals surface area contributed by atoms with Crippen LogP contribution < -0.4 is 10.9 Å². The van der Waals surface area contributed by atoms with Crippen LogP contribution in [0.4, 0.5) is 13.2 Å². The first kappa shape index (κ1) is 37.3. The van der Waals surface area contributed by atoms with Crippen molar-refractivity contribution in [3.8, 4) is 16.8 Å². The lowest BCUT2D eigenvalue weighted by Gasteiger charge is -2.26. The summed E-state index contributed by atoms with van der Waals surface area (Å²) in [7, 11) is -3.87. The van der Waals surface area contributed by atoms with Gasteiger partial charge in [-0.2, -0.15) is 9.40 Å². The van der Waals surface area contributed by atoms with Gasteiger partial charge in [0.2, 0.25) is 15.9 Å². The molecule has 11 nitrogen and oxygen atoms in total. The van der Waals surface area contributed by atoms with Gasteiger partial charge in [0.05, 0.1) is 46.4 Å². The minimum atomic E-state index is -3.87. The zero-order chi connectivity index (χ0) is 39.1. The number of aromatic nitrogens is 4. The van der Waals surface area contributed by atoms with Crippen LogP contribution >= 0.6 is 0 Å². The summed E-state index contributed by atoms with van der Waals surface area (Å²) >= 11 is 0. The fourth-order valence-corrected chi connectivity index (χ4v) is 8.54. The number of carbonyl (C=O) groups excluding carboxylic acids is 1. The number of amides is 1. The van der Waals surface area contributed by atoms with E-state index in [9.17, 15) is 31.2 Å². The van der Waals surface area contributed by atoms with E-state index in [1.807, 2.05) is 6.07 Å². The third kappa shape index (κ3) is 7.74. The van der Waals surface area contributed by atoms with E-state index in [4.69, 9.17) is 9.72 Å². The highest BCUT2D eigenvalue weighted by Gasteiger charge is 2.29. The van der Waals surface area contributed by atoms with Crippen LogP contribution in [0.5, 0.6) is 0 Å². The Hall–Kier alpha value is -5.64. The molecule has 0 bridgehead atoms. The molecule has 1 aliphatic carbocycles. The predicted molar refractivity (Wildman–Crippen MR) is 202 cm³/mol. The quantitative estimate of drug-likeness (QED) is 0.172. The lowest BCUT2D eigenvalue weighted by molar-refractivity contribution is -0.122. The minimum absolute atomic E-state index is 0.00989. The number of benzene rings is 4. The number of ether oxygens (including phenoxy) is 1. The average Bonchev–Trinajstić information content (AvgIpc) is 3.92. The van der Waals surface area contributed by atoms with Gasteiger partial charge in [0.15, 0.2) is 0 Å². The number of carbonyl (C=O) groups is 1. The van der Waals surface area contributed by atoms with Gasteiger partial charge in [0.1, 0.15) is 29.8 Å². The van der Waals surface area contributed by atoms with Gasteiger partial charge in [-0.15, -0.1) is 0 Å². The highest BCUT2D eigenvalue weighted by Crippen LogP contribution is 2.38. The summed E-state index contributed by atoms with van der Waals surface area (Å²) < 4.78 is 79.5. The number of sulfonamides is 1. The summed E-state index contributed by atoms with van der Waals surface area (Å²) in [5.74, 6) is -2.16. The molecule has 1 unspecified atom stereocenters. The molecule has 1 N–H and O–H groups in total. The summed E-state index contributed by atoms with van der Waals surface area (Å²) in [4.78, 5) is 33.4. The van der Waals surface area contributed by atoms with Crippen LogP contribution in [-0.4, -0.2) is 64.3 Å². The SMILES string of the molecule is Cc1cc(F)ccc1-c1ccc2c(=O)n(-c3ccc(S(=O)(=O)N4CCOCC4)cc3)c(C(Cc3cc(F)cc(F)c3)NC(=O)Cn3ccc(C4CC4)n3)nc2c1. The molecule has 1 atom stereocenters. The fraction of sp³-hybridized carbons (Fsp3) is 0.268. The second-order valence-corrected chi connectivity index (χ2v) is 16.1. The smallest absolute Gasteiger partial charge is 0.266 e. The van der Waals surface area contributed by atoms with Crippen LogP contribution in [-0.2, 0) is 32.5 Å².